The number of benzene rings is 9. The van der Waals surface area contributed by atoms with Crippen molar-refractivity contribution in [3.63, 3.8) is 0 Å². The Morgan fingerprint density at radius 3 is 1.57 bits per heavy atom. The lowest BCUT2D eigenvalue weighted by Gasteiger charge is -2.36. The summed E-state index contributed by atoms with van der Waals surface area (Å²) in [6.07, 6.45) is 0. The zero-order valence-electron chi connectivity index (χ0n) is 35.2. The zero-order valence-corrected chi connectivity index (χ0v) is 35.2. The molecule has 1 spiro atoms. The normalized spacial score (nSPS) is 12.9. The summed E-state index contributed by atoms with van der Waals surface area (Å²) in [5, 5.41) is 2.26. The van der Waals surface area contributed by atoms with E-state index in [4.69, 9.17) is 62.8 Å². The number of anilines is 3. The van der Waals surface area contributed by atoms with Crippen molar-refractivity contribution in [3.05, 3.63) is 192 Å². The molecule has 0 fully saturated rings. The monoisotopic (exact) mass is 804 g/mol. The lowest BCUT2D eigenvalue weighted by molar-refractivity contribution is 0.806. The minimum atomic E-state index is -1.18. The molecule has 12 rings (SSSR count). The average molecular weight is 803 g/mol. The molecule has 10 heteroatoms. The largest absolute Gasteiger partial charge is 0.310 e. The molecule has 2 aliphatic carbocycles. The molecule has 0 atom stereocenters. The van der Waals surface area contributed by atoms with E-state index in [0.717, 1.165) is 77.9 Å². The second-order valence-electron chi connectivity index (χ2n) is 16.9. The van der Waals surface area contributed by atoms with Crippen LogP contribution in [-0.4, -0.2) is 67.3 Å². The van der Waals surface area contributed by atoms with E-state index < -0.39 is 5.41 Å². The maximum atomic E-state index is 7.20. The van der Waals surface area contributed by atoms with Crippen molar-refractivity contribution < 1.29 is 0 Å². The lowest BCUT2D eigenvalue weighted by atomic mass is 9.57. The summed E-state index contributed by atoms with van der Waals surface area (Å²) < 4.78 is 2.33. The predicted molar refractivity (Wildman–Crippen MR) is 280 cm³/mol. The second kappa shape index (κ2) is 14.6. The van der Waals surface area contributed by atoms with Gasteiger partial charge in [0.1, 0.15) is 62.8 Å². The third-order valence-electron chi connectivity index (χ3n) is 13.8. The van der Waals surface area contributed by atoms with E-state index in [1.165, 1.54) is 0 Å². The molecule has 0 saturated heterocycles. The molecule has 0 saturated carbocycles. The van der Waals surface area contributed by atoms with Crippen molar-refractivity contribution in [2.45, 2.75) is 5.41 Å². The van der Waals surface area contributed by atoms with Crippen LogP contribution >= 0.6 is 0 Å². The van der Waals surface area contributed by atoms with Crippen molar-refractivity contribution in [1.29, 1.82) is 0 Å². The molecule has 0 amide bonds. The third-order valence-corrected chi connectivity index (χ3v) is 13.8. The van der Waals surface area contributed by atoms with Gasteiger partial charge in [-0.1, -0.05) is 137 Å². The molecule has 9 aromatic carbocycles. The first-order chi connectivity index (χ1) is 31.6. The Kier molecular flexibility index (Phi) is 8.89. The maximum Gasteiger partial charge on any atom is 0.113 e. The number of rotatable bonds is 5. The molecule has 0 aliphatic heterocycles. The van der Waals surface area contributed by atoms with Crippen molar-refractivity contribution in [3.8, 4) is 39.1 Å². The van der Waals surface area contributed by atoms with E-state index in [-0.39, 0.29) is 43.7 Å². The number of hydrogen-bond donors (Lipinski definition) is 0. The standard InChI is InChI=1S/C55H28B8N2/c56-47-43-44-46(50(59)54(63)52(61)48(44)57)55(45(43)49(58)53(62)51(47)60)37-18-9-7-17-35(37)42-38(55)19-11-21-41(42)64(32-24-22-30(23-25-32)29-12-3-1-4-13-29)33-26-27-40-36(28-33)34-16-8-10-20-39(34)65(40)31-14-5-2-6-15-31/h1-28H. The van der Waals surface area contributed by atoms with Gasteiger partial charge < -0.3 is 9.47 Å². The van der Waals surface area contributed by atoms with E-state index in [1.807, 2.05) is 24.3 Å². The summed E-state index contributed by atoms with van der Waals surface area (Å²) in [6.45, 7) is 0. The minimum Gasteiger partial charge on any atom is -0.310 e. The molecule has 16 radical (unpaired) electrons. The smallest absolute Gasteiger partial charge is 0.113 e. The van der Waals surface area contributed by atoms with Gasteiger partial charge in [-0.3, -0.25) is 0 Å². The third kappa shape index (κ3) is 5.34. The number of para-hydroxylation sites is 2. The van der Waals surface area contributed by atoms with Gasteiger partial charge in [-0.15, -0.1) is 21.9 Å². The number of hydrogen-bond acceptors (Lipinski definition) is 1. The van der Waals surface area contributed by atoms with Crippen LogP contribution < -0.4 is 48.6 Å². The SMILES string of the molecule is [B]c1c([B])c([B])c2c(c1[B])-c1c([B])c([B])c([B])c([B])c1C21c2ccccc2-c2c(N(c3ccc(-c4ccccc4)cc3)c3ccc4c(c3)c3ccccc3n4-c3ccccc3)cccc21. The molecule has 282 valence electrons. The van der Waals surface area contributed by atoms with Crippen LogP contribution in [0.15, 0.2) is 170 Å². The van der Waals surface area contributed by atoms with Crippen LogP contribution in [0.3, 0.4) is 0 Å². The Labute approximate surface area is 389 Å². The molecule has 0 bridgehead atoms. The fourth-order valence-corrected chi connectivity index (χ4v) is 10.9. The van der Waals surface area contributed by atoms with E-state index in [9.17, 15) is 0 Å². The summed E-state index contributed by atoms with van der Waals surface area (Å²) in [6, 6.07) is 59.5. The van der Waals surface area contributed by atoms with Gasteiger partial charge in [0, 0.05) is 33.4 Å². The zero-order chi connectivity index (χ0) is 44.5. The molecule has 65 heavy (non-hydrogen) atoms. The average Bonchev–Trinajstić information content (AvgIpc) is 3.97. The summed E-state index contributed by atoms with van der Waals surface area (Å²) >= 11 is 0. The predicted octanol–water partition coefficient (Wildman–Crippen LogP) is 4.61. The minimum absolute atomic E-state index is 0.159. The van der Waals surface area contributed by atoms with Crippen LogP contribution in [0, 0.1) is 0 Å². The van der Waals surface area contributed by atoms with Crippen LogP contribution in [0.2, 0.25) is 0 Å². The van der Waals surface area contributed by atoms with Gasteiger partial charge in [0.15, 0.2) is 0 Å². The van der Waals surface area contributed by atoms with Crippen molar-refractivity contribution in [1.82, 2.24) is 4.57 Å². The molecule has 0 unspecified atom stereocenters. The summed E-state index contributed by atoms with van der Waals surface area (Å²) in [4.78, 5) is 2.33. The molecular weight excluding hydrogens is 775 g/mol. The molecule has 10 aromatic rings. The van der Waals surface area contributed by atoms with Crippen LogP contribution in [0.25, 0.3) is 60.9 Å². The maximum absolute atomic E-state index is 7.20. The summed E-state index contributed by atoms with van der Waals surface area (Å²) in [5.41, 5.74) is 15.0. The number of fused-ring (bicyclic) bond motifs is 13. The Balaban J connectivity index is 1.19. The fraction of sp³-hybridized carbons (Fsp3) is 0.0182. The highest BCUT2D eigenvalue weighted by Crippen LogP contribution is 2.63. The molecule has 2 aliphatic rings. The number of aromatic nitrogens is 1. The topological polar surface area (TPSA) is 8.17 Å². The quantitative estimate of drug-likeness (QED) is 0.231. The van der Waals surface area contributed by atoms with Gasteiger partial charge in [-0.25, -0.2) is 0 Å². The molecule has 1 aromatic heterocycles. The van der Waals surface area contributed by atoms with Gasteiger partial charge in [-0.2, -0.15) is 0 Å². The van der Waals surface area contributed by atoms with Crippen molar-refractivity contribution >= 4 is 145 Å². The Morgan fingerprint density at radius 2 is 0.892 bits per heavy atom. The summed E-state index contributed by atoms with van der Waals surface area (Å²) in [5.74, 6) is 0. The molecule has 1 heterocycles. The first-order valence-corrected chi connectivity index (χ1v) is 21.4. The van der Waals surface area contributed by atoms with Crippen LogP contribution in [0.5, 0.6) is 0 Å². The van der Waals surface area contributed by atoms with Crippen LogP contribution in [-0.2, 0) is 5.41 Å². The highest BCUT2D eigenvalue weighted by atomic mass is 15.1. The van der Waals surface area contributed by atoms with Gasteiger partial charge in [0.2, 0.25) is 0 Å². The first-order valence-electron chi connectivity index (χ1n) is 21.4. The van der Waals surface area contributed by atoms with Gasteiger partial charge in [-0.05, 0) is 105 Å². The van der Waals surface area contributed by atoms with Crippen LogP contribution in [0.4, 0.5) is 17.1 Å². The highest BCUT2D eigenvalue weighted by Gasteiger charge is 2.54. The number of nitrogens with zero attached hydrogens (tertiary/aromatic N) is 2. The van der Waals surface area contributed by atoms with E-state index in [1.54, 1.807) is 0 Å². The molecule has 0 N–H and O–H groups in total. The van der Waals surface area contributed by atoms with Crippen molar-refractivity contribution in [2.24, 2.45) is 0 Å². The van der Waals surface area contributed by atoms with Gasteiger partial charge in [0.25, 0.3) is 0 Å². The highest BCUT2D eigenvalue weighted by molar-refractivity contribution is 6.67. The molecular formula is C55H28B8N2. The lowest BCUT2D eigenvalue weighted by Crippen LogP contribution is -2.52. The first kappa shape index (κ1) is 39.7. The van der Waals surface area contributed by atoms with Gasteiger partial charge in [0.05, 0.1) is 22.1 Å². The summed E-state index contributed by atoms with van der Waals surface area (Å²) in [7, 11) is 55.2. The van der Waals surface area contributed by atoms with Crippen molar-refractivity contribution in [2.75, 3.05) is 4.90 Å². The van der Waals surface area contributed by atoms with Gasteiger partial charge >= 0.3 is 0 Å². The Morgan fingerprint density at radius 1 is 0.369 bits per heavy atom. The second-order valence-corrected chi connectivity index (χ2v) is 16.9. The molecule has 2 nitrogen and oxygen atoms in total. The fourth-order valence-electron chi connectivity index (χ4n) is 10.9. The Bertz CT molecular complexity index is 3570. The van der Waals surface area contributed by atoms with E-state index in [2.05, 4.69) is 155 Å². The van der Waals surface area contributed by atoms with E-state index >= 15 is 0 Å². The van der Waals surface area contributed by atoms with E-state index in [0.29, 0.717) is 22.3 Å². The van der Waals surface area contributed by atoms with Crippen LogP contribution in [0.1, 0.15) is 22.3 Å². The Hall–Kier alpha value is -6.90.